The van der Waals surface area contributed by atoms with Crippen LogP contribution in [0.25, 0.3) is 0 Å². The van der Waals surface area contributed by atoms with Crippen LogP contribution in [0, 0.1) is 11.2 Å². The number of amidine groups is 1. The van der Waals surface area contributed by atoms with E-state index >= 15 is 0 Å². The van der Waals surface area contributed by atoms with E-state index in [1.807, 2.05) is 0 Å². The van der Waals surface area contributed by atoms with Crippen molar-refractivity contribution >= 4 is 17.8 Å². The van der Waals surface area contributed by atoms with Crippen molar-refractivity contribution in [1.29, 1.82) is 5.41 Å². The number of carboxylic acid groups (broad SMARTS) is 1. The highest BCUT2D eigenvalue weighted by atomic mass is 19.1. The molecule has 0 radical (unpaired) electrons. The molecule has 1 aliphatic heterocycles. The third-order valence-electron chi connectivity index (χ3n) is 3.33. The van der Waals surface area contributed by atoms with Crippen LogP contribution in [0.3, 0.4) is 0 Å². The first-order valence-corrected chi connectivity index (χ1v) is 6.61. The maximum atomic E-state index is 13.0. The van der Waals surface area contributed by atoms with E-state index < -0.39 is 23.9 Å². The molecule has 1 aromatic carbocycles. The van der Waals surface area contributed by atoms with Gasteiger partial charge in [-0.15, -0.1) is 0 Å². The van der Waals surface area contributed by atoms with E-state index in [9.17, 15) is 14.0 Å². The van der Waals surface area contributed by atoms with Gasteiger partial charge in [0.15, 0.2) is 0 Å². The van der Waals surface area contributed by atoms with Crippen LogP contribution in [0.2, 0.25) is 0 Å². The molecule has 1 aromatic rings. The first-order chi connectivity index (χ1) is 9.99. The summed E-state index contributed by atoms with van der Waals surface area (Å²) in [6.45, 7) is 0.0761. The predicted molar refractivity (Wildman–Crippen MR) is 73.5 cm³/mol. The zero-order valence-corrected chi connectivity index (χ0v) is 11.3. The lowest BCUT2D eigenvalue weighted by Crippen LogP contribution is -2.54. The van der Waals surface area contributed by atoms with Crippen molar-refractivity contribution < 1.29 is 19.1 Å². The van der Waals surface area contributed by atoms with E-state index in [0.717, 1.165) is 4.90 Å². The zero-order chi connectivity index (χ0) is 15.4. The summed E-state index contributed by atoms with van der Waals surface area (Å²) in [4.78, 5) is 24.2. The molecule has 2 rings (SSSR count). The quantitative estimate of drug-likeness (QED) is 0.795. The van der Waals surface area contributed by atoms with Crippen molar-refractivity contribution in [1.82, 2.24) is 10.2 Å². The summed E-state index contributed by atoms with van der Waals surface area (Å²) in [5.41, 5.74) is 0.568. The second-order valence-corrected chi connectivity index (χ2v) is 4.85. The molecule has 1 atom stereocenters. The number of urea groups is 1. The fourth-order valence-electron chi connectivity index (χ4n) is 2.31. The number of aliphatic carboxylic acids is 1. The Labute approximate surface area is 121 Å². The number of rotatable bonds is 3. The van der Waals surface area contributed by atoms with Gasteiger partial charge in [0, 0.05) is 13.0 Å². The molecule has 1 saturated heterocycles. The Hall–Kier alpha value is -2.44. The number of halogens is 1. The molecule has 7 heteroatoms. The van der Waals surface area contributed by atoms with Crippen LogP contribution >= 0.6 is 0 Å². The number of amides is 2. The number of benzene rings is 1. The van der Waals surface area contributed by atoms with Crippen LogP contribution in [0.5, 0.6) is 0 Å². The highest BCUT2D eigenvalue weighted by Gasteiger charge is 2.35. The van der Waals surface area contributed by atoms with Crippen molar-refractivity contribution in [2.24, 2.45) is 0 Å². The number of carboxylic acids is 1. The van der Waals surface area contributed by atoms with Gasteiger partial charge in [-0.05, 0) is 30.5 Å². The van der Waals surface area contributed by atoms with Gasteiger partial charge in [0.2, 0.25) is 0 Å². The number of carbonyl (C=O) groups excluding carboxylic acids is 1. The summed E-state index contributed by atoms with van der Waals surface area (Å²) < 4.78 is 13.0. The van der Waals surface area contributed by atoms with Crippen LogP contribution in [0.15, 0.2) is 24.3 Å². The molecule has 0 aromatic heterocycles. The molecule has 1 fully saturated rings. The lowest BCUT2D eigenvalue weighted by molar-refractivity contribution is -0.141. The van der Waals surface area contributed by atoms with Crippen molar-refractivity contribution in [2.75, 3.05) is 0 Å². The van der Waals surface area contributed by atoms with Crippen LogP contribution in [-0.4, -0.2) is 33.9 Å². The maximum Gasteiger partial charge on any atom is 0.326 e. The largest absolute Gasteiger partial charge is 0.480 e. The number of likely N-dealkylation sites (tertiary alicyclic amines) is 1. The number of nitrogens with one attached hydrogen (secondary N) is 2. The van der Waals surface area contributed by atoms with E-state index in [0.29, 0.717) is 24.8 Å². The van der Waals surface area contributed by atoms with Crippen LogP contribution in [0.4, 0.5) is 9.18 Å². The van der Waals surface area contributed by atoms with Crippen LogP contribution < -0.4 is 5.32 Å². The molecule has 1 unspecified atom stereocenters. The summed E-state index contributed by atoms with van der Waals surface area (Å²) in [7, 11) is 0. The Balaban J connectivity index is 2.03. The molecule has 3 N–H and O–H groups in total. The van der Waals surface area contributed by atoms with Gasteiger partial charge in [0.1, 0.15) is 17.7 Å². The molecule has 1 aliphatic rings. The van der Waals surface area contributed by atoms with Gasteiger partial charge in [0.25, 0.3) is 0 Å². The number of piperidine rings is 1. The summed E-state index contributed by atoms with van der Waals surface area (Å²) in [6, 6.07) is 4.11. The monoisotopic (exact) mass is 293 g/mol. The average molecular weight is 293 g/mol. The van der Waals surface area contributed by atoms with E-state index in [1.54, 1.807) is 6.07 Å². The highest BCUT2D eigenvalue weighted by molar-refractivity contribution is 6.00. The van der Waals surface area contributed by atoms with Crippen molar-refractivity contribution in [2.45, 2.75) is 31.8 Å². The minimum absolute atomic E-state index is 0.00890. The number of hydrogen-bond donors (Lipinski definition) is 3. The Morgan fingerprint density at radius 3 is 2.90 bits per heavy atom. The summed E-state index contributed by atoms with van der Waals surface area (Å²) in [6.07, 6.45) is 1.27. The first-order valence-electron chi connectivity index (χ1n) is 6.61. The molecule has 112 valence electrons. The van der Waals surface area contributed by atoms with Gasteiger partial charge in [-0.1, -0.05) is 12.1 Å². The molecule has 0 spiro atoms. The Morgan fingerprint density at radius 2 is 2.24 bits per heavy atom. The second-order valence-electron chi connectivity index (χ2n) is 4.85. The molecular weight excluding hydrogens is 277 g/mol. The minimum Gasteiger partial charge on any atom is -0.480 e. The molecule has 21 heavy (non-hydrogen) atoms. The van der Waals surface area contributed by atoms with Gasteiger partial charge in [0.05, 0.1) is 0 Å². The fourth-order valence-corrected chi connectivity index (χ4v) is 2.31. The summed E-state index contributed by atoms with van der Waals surface area (Å²) >= 11 is 0. The fraction of sp³-hybridized carbons (Fsp3) is 0.357. The molecular formula is C14H16FN3O3. The minimum atomic E-state index is -1.12. The molecule has 0 aliphatic carbocycles. The van der Waals surface area contributed by atoms with Crippen LogP contribution in [-0.2, 0) is 11.3 Å². The molecule has 0 saturated carbocycles. The normalized spacial score (nSPS) is 18.4. The third kappa shape index (κ3) is 3.56. The second kappa shape index (κ2) is 6.34. The maximum absolute atomic E-state index is 13.0. The lowest BCUT2D eigenvalue weighted by atomic mass is 10.0. The molecule has 2 amide bonds. The molecule has 6 nitrogen and oxygen atoms in total. The standard InChI is InChI=1S/C14H16FN3O3/c15-10-4-1-3-9(7-10)8-17-14(21)18-11(13(19)20)5-2-6-12(18)16/h1,3-4,7,11,16H,2,5-6,8H2,(H,17,21)(H,19,20). The number of carbonyl (C=O) groups is 2. The van der Waals surface area contributed by atoms with Crippen molar-refractivity contribution in [3.63, 3.8) is 0 Å². The lowest BCUT2D eigenvalue weighted by Gasteiger charge is -2.33. The Bertz CT molecular complexity index is 576. The van der Waals surface area contributed by atoms with Crippen molar-refractivity contribution in [3.8, 4) is 0 Å². The van der Waals surface area contributed by atoms with Gasteiger partial charge >= 0.3 is 12.0 Å². The third-order valence-corrected chi connectivity index (χ3v) is 3.33. The highest BCUT2D eigenvalue weighted by Crippen LogP contribution is 2.19. The number of hydrogen-bond acceptors (Lipinski definition) is 3. The van der Waals surface area contributed by atoms with E-state index in [4.69, 9.17) is 10.5 Å². The molecule has 1 heterocycles. The SMILES string of the molecule is N=C1CCCC(C(=O)O)N1C(=O)NCc1cccc(F)c1. The van der Waals surface area contributed by atoms with Gasteiger partial charge in [-0.3, -0.25) is 10.3 Å². The van der Waals surface area contributed by atoms with Crippen molar-refractivity contribution in [3.05, 3.63) is 35.6 Å². The smallest absolute Gasteiger partial charge is 0.326 e. The van der Waals surface area contributed by atoms with E-state index in [-0.39, 0.29) is 12.4 Å². The average Bonchev–Trinajstić information content (AvgIpc) is 2.44. The van der Waals surface area contributed by atoms with Gasteiger partial charge < -0.3 is 10.4 Å². The summed E-state index contributed by atoms with van der Waals surface area (Å²) in [5.74, 6) is -1.54. The van der Waals surface area contributed by atoms with Gasteiger partial charge in [-0.2, -0.15) is 0 Å². The Morgan fingerprint density at radius 1 is 1.48 bits per heavy atom. The first kappa shape index (κ1) is 15.0. The molecule has 0 bridgehead atoms. The predicted octanol–water partition coefficient (Wildman–Crippen LogP) is 1.95. The van der Waals surface area contributed by atoms with E-state index in [2.05, 4.69) is 5.32 Å². The Kier molecular flexibility index (Phi) is 4.52. The summed E-state index contributed by atoms with van der Waals surface area (Å²) in [5, 5.41) is 19.4. The van der Waals surface area contributed by atoms with E-state index in [1.165, 1.54) is 18.2 Å². The number of nitrogens with zero attached hydrogens (tertiary/aromatic N) is 1. The topological polar surface area (TPSA) is 93.5 Å². The zero-order valence-electron chi connectivity index (χ0n) is 11.3. The van der Waals surface area contributed by atoms with Crippen LogP contribution in [0.1, 0.15) is 24.8 Å². The van der Waals surface area contributed by atoms with Gasteiger partial charge in [-0.25, -0.2) is 14.0 Å².